The van der Waals surface area contributed by atoms with Gasteiger partial charge in [0.1, 0.15) is 5.82 Å². The largest absolute Gasteiger partial charge is 0.345 e. The first-order chi connectivity index (χ1) is 10.2. The maximum atomic E-state index is 12.7. The van der Waals surface area contributed by atoms with Crippen molar-refractivity contribution in [3.8, 4) is 11.4 Å². The molecule has 0 bridgehead atoms. The number of imidazole rings is 1. The second-order valence-electron chi connectivity index (χ2n) is 4.44. The second-order valence-corrected chi connectivity index (χ2v) is 5.26. The molecule has 0 atom stereocenters. The Labute approximate surface area is 143 Å². The Bertz CT molecular complexity index is 801. The molecule has 3 rings (SSSR count). The van der Waals surface area contributed by atoms with Crippen molar-refractivity contribution in [3.63, 3.8) is 0 Å². The Balaban J connectivity index is 0.00000176. The Hall–Kier alpha value is -1.81. The van der Waals surface area contributed by atoms with Gasteiger partial charge in [0.15, 0.2) is 5.78 Å². The first kappa shape index (κ1) is 16.6. The van der Waals surface area contributed by atoms with E-state index >= 15 is 0 Å². The zero-order valence-electron chi connectivity index (χ0n) is 11.2. The molecule has 0 aliphatic carbocycles. The maximum absolute atomic E-state index is 12.7. The number of carbonyl (C=O) groups is 1. The molecule has 6 heteroatoms. The van der Waals surface area contributed by atoms with Gasteiger partial charge in [0.25, 0.3) is 0 Å². The van der Waals surface area contributed by atoms with E-state index in [-0.39, 0.29) is 18.2 Å². The van der Waals surface area contributed by atoms with E-state index in [1.165, 1.54) is 0 Å². The van der Waals surface area contributed by atoms with Crippen LogP contribution in [-0.4, -0.2) is 15.8 Å². The summed E-state index contributed by atoms with van der Waals surface area (Å²) in [4.78, 5) is 19.9. The van der Waals surface area contributed by atoms with Crippen LogP contribution in [0.2, 0.25) is 10.0 Å². The summed E-state index contributed by atoms with van der Waals surface area (Å²) in [5.41, 5.74) is 1.80. The molecule has 3 aromatic rings. The van der Waals surface area contributed by atoms with E-state index in [1.807, 2.05) is 18.2 Å². The van der Waals surface area contributed by atoms with Crippen molar-refractivity contribution >= 4 is 41.4 Å². The molecule has 0 saturated heterocycles. The number of carbonyl (C=O) groups excluding carboxylic acids is 1. The highest BCUT2D eigenvalue weighted by Gasteiger charge is 2.16. The van der Waals surface area contributed by atoms with Gasteiger partial charge < -0.3 is 4.98 Å². The van der Waals surface area contributed by atoms with Crippen molar-refractivity contribution < 1.29 is 4.79 Å². The van der Waals surface area contributed by atoms with Crippen LogP contribution < -0.4 is 0 Å². The van der Waals surface area contributed by atoms with Crippen molar-refractivity contribution in [2.75, 3.05) is 0 Å². The van der Waals surface area contributed by atoms with Gasteiger partial charge in [0.05, 0.1) is 10.0 Å². The quantitative estimate of drug-likeness (QED) is 0.671. The van der Waals surface area contributed by atoms with Crippen LogP contribution in [-0.2, 0) is 0 Å². The third-order valence-electron chi connectivity index (χ3n) is 3.11. The van der Waals surface area contributed by atoms with E-state index in [0.29, 0.717) is 27.0 Å². The molecule has 1 aromatic heterocycles. The van der Waals surface area contributed by atoms with Gasteiger partial charge in [-0.25, -0.2) is 4.98 Å². The van der Waals surface area contributed by atoms with E-state index < -0.39 is 0 Å². The maximum Gasteiger partial charge on any atom is 0.193 e. The molecule has 0 aliphatic rings. The van der Waals surface area contributed by atoms with E-state index in [0.717, 1.165) is 5.56 Å². The topological polar surface area (TPSA) is 45.8 Å². The SMILES string of the molecule is Cl.O=C(c1ccc(Cl)c(Cl)c1)c1ccccc1-c1ncc[nH]1. The average Bonchev–Trinajstić information content (AvgIpc) is 3.03. The van der Waals surface area contributed by atoms with Gasteiger partial charge in [-0.2, -0.15) is 0 Å². The average molecular weight is 354 g/mol. The van der Waals surface area contributed by atoms with Gasteiger partial charge in [-0.05, 0) is 18.2 Å². The van der Waals surface area contributed by atoms with E-state index in [2.05, 4.69) is 9.97 Å². The highest BCUT2D eigenvalue weighted by Crippen LogP contribution is 2.26. The molecule has 0 spiro atoms. The van der Waals surface area contributed by atoms with Crippen LogP contribution in [0.3, 0.4) is 0 Å². The molecule has 0 radical (unpaired) electrons. The number of aromatic nitrogens is 2. The smallest absolute Gasteiger partial charge is 0.193 e. The van der Waals surface area contributed by atoms with Gasteiger partial charge >= 0.3 is 0 Å². The monoisotopic (exact) mass is 352 g/mol. The van der Waals surface area contributed by atoms with Crippen molar-refractivity contribution in [2.24, 2.45) is 0 Å². The molecule has 2 aromatic carbocycles. The third kappa shape index (κ3) is 3.17. The lowest BCUT2D eigenvalue weighted by molar-refractivity contribution is 0.103. The number of aromatic amines is 1. The van der Waals surface area contributed by atoms with Crippen molar-refractivity contribution in [1.82, 2.24) is 9.97 Å². The minimum atomic E-state index is -0.124. The lowest BCUT2D eigenvalue weighted by atomic mass is 9.98. The number of hydrogen-bond donors (Lipinski definition) is 1. The van der Waals surface area contributed by atoms with Crippen LogP contribution in [0.5, 0.6) is 0 Å². The molecule has 3 nitrogen and oxygen atoms in total. The molecule has 0 saturated carbocycles. The van der Waals surface area contributed by atoms with Gasteiger partial charge in [-0.15, -0.1) is 12.4 Å². The molecule has 0 aliphatic heterocycles. The van der Waals surface area contributed by atoms with E-state index in [4.69, 9.17) is 23.2 Å². The molecule has 0 amide bonds. The van der Waals surface area contributed by atoms with Crippen LogP contribution in [0.4, 0.5) is 0 Å². The van der Waals surface area contributed by atoms with Crippen LogP contribution >= 0.6 is 35.6 Å². The summed E-state index contributed by atoms with van der Waals surface area (Å²) >= 11 is 11.9. The predicted octanol–water partition coefficient (Wildman–Crippen LogP) is 5.04. The highest BCUT2D eigenvalue weighted by molar-refractivity contribution is 6.42. The second kappa shape index (κ2) is 6.97. The van der Waals surface area contributed by atoms with E-state index in [9.17, 15) is 4.79 Å². The fourth-order valence-electron chi connectivity index (χ4n) is 2.09. The van der Waals surface area contributed by atoms with Crippen molar-refractivity contribution in [3.05, 3.63) is 76.0 Å². The third-order valence-corrected chi connectivity index (χ3v) is 3.85. The number of halogens is 3. The van der Waals surface area contributed by atoms with Crippen LogP contribution in [0, 0.1) is 0 Å². The molecule has 1 N–H and O–H groups in total. The molecule has 0 fully saturated rings. The van der Waals surface area contributed by atoms with Gasteiger partial charge in [-0.1, -0.05) is 47.5 Å². The Morgan fingerprint density at radius 2 is 1.82 bits per heavy atom. The Morgan fingerprint density at radius 1 is 1.05 bits per heavy atom. The lowest BCUT2D eigenvalue weighted by Crippen LogP contribution is -2.04. The van der Waals surface area contributed by atoms with Gasteiger partial charge in [0.2, 0.25) is 0 Å². The van der Waals surface area contributed by atoms with Crippen molar-refractivity contribution in [2.45, 2.75) is 0 Å². The normalized spacial score (nSPS) is 10.1. The first-order valence-electron chi connectivity index (χ1n) is 6.25. The first-order valence-corrected chi connectivity index (χ1v) is 7.01. The number of H-pyrrole nitrogens is 1. The Kier molecular flexibility index (Phi) is 5.24. The van der Waals surface area contributed by atoms with Gasteiger partial charge in [-0.3, -0.25) is 4.79 Å². The summed E-state index contributed by atoms with van der Waals surface area (Å²) in [6.45, 7) is 0. The van der Waals surface area contributed by atoms with Gasteiger partial charge in [0, 0.05) is 29.1 Å². The standard InChI is InChI=1S/C16H10Cl2N2O.ClH/c17-13-6-5-10(9-14(13)18)15(21)11-3-1-2-4-12(11)16-19-7-8-20-16;/h1-9H,(H,19,20);1H. The van der Waals surface area contributed by atoms with E-state index in [1.54, 1.807) is 36.7 Å². The summed E-state index contributed by atoms with van der Waals surface area (Å²) in [5.74, 6) is 0.527. The molecule has 22 heavy (non-hydrogen) atoms. The fraction of sp³-hybridized carbons (Fsp3) is 0. The highest BCUT2D eigenvalue weighted by atomic mass is 35.5. The molecular formula is C16H11Cl3N2O. The number of nitrogens with zero attached hydrogens (tertiary/aromatic N) is 1. The lowest BCUT2D eigenvalue weighted by Gasteiger charge is -2.07. The molecule has 112 valence electrons. The minimum Gasteiger partial charge on any atom is -0.345 e. The number of ketones is 1. The molecule has 1 heterocycles. The number of nitrogens with one attached hydrogen (secondary N) is 1. The summed E-state index contributed by atoms with van der Waals surface area (Å²) < 4.78 is 0. The number of hydrogen-bond acceptors (Lipinski definition) is 2. The summed E-state index contributed by atoms with van der Waals surface area (Å²) in [7, 11) is 0. The summed E-state index contributed by atoms with van der Waals surface area (Å²) in [5, 5.41) is 0.783. The summed E-state index contributed by atoms with van der Waals surface area (Å²) in [6.07, 6.45) is 3.37. The minimum absolute atomic E-state index is 0. The Morgan fingerprint density at radius 3 is 2.50 bits per heavy atom. The summed E-state index contributed by atoms with van der Waals surface area (Å²) in [6, 6.07) is 12.2. The number of benzene rings is 2. The zero-order chi connectivity index (χ0) is 14.8. The van der Waals surface area contributed by atoms with Crippen LogP contribution in [0.25, 0.3) is 11.4 Å². The van der Waals surface area contributed by atoms with Crippen molar-refractivity contribution in [1.29, 1.82) is 0 Å². The predicted molar refractivity (Wildman–Crippen MR) is 91.2 cm³/mol. The molecule has 0 unspecified atom stereocenters. The van der Waals surface area contributed by atoms with Crippen LogP contribution in [0.1, 0.15) is 15.9 Å². The zero-order valence-corrected chi connectivity index (χ0v) is 13.5. The fourth-order valence-corrected chi connectivity index (χ4v) is 2.39. The van der Waals surface area contributed by atoms with Crippen LogP contribution in [0.15, 0.2) is 54.9 Å². The number of rotatable bonds is 3. The molecular weight excluding hydrogens is 343 g/mol.